The molecule has 13 rings (SSSR count). The van der Waals surface area contributed by atoms with Gasteiger partial charge in [-0.25, -0.2) is 15.0 Å². The van der Waals surface area contributed by atoms with E-state index in [2.05, 4.69) is 205 Å². The molecule has 3 heterocycles. The molecule has 3 aromatic heterocycles. The lowest BCUT2D eigenvalue weighted by molar-refractivity contribution is 0.678. The molecular weight excluding hydrogens is 797 g/mol. The maximum absolute atomic E-state index is 5.39. The van der Waals surface area contributed by atoms with Crippen molar-refractivity contribution in [1.29, 1.82) is 0 Å². The lowest BCUT2D eigenvalue weighted by Crippen LogP contribution is -2.15. The summed E-state index contributed by atoms with van der Waals surface area (Å²) in [5.74, 6) is 2.09. The van der Waals surface area contributed by atoms with Crippen LogP contribution in [0.4, 0.5) is 0 Å². The quantitative estimate of drug-likeness (QED) is 0.168. The van der Waals surface area contributed by atoms with Crippen molar-refractivity contribution in [3.8, 4) is 39.6 Å². The molecule has 64 heavy (non-hydrogen) atoms. The summed E-state index contributed by atoms with van der Waals surface area (Å²) in [6, 6.07) is 69.9. The van der Waals surface area contributed by atoms with Crippen LogP contribution in [0.2, 0.25) is 0 Å². The summed E-state index contributed by atoms with van der Waals surface area (Å²) in [7, 11) is 0. The van der Waals surface area contributed by atoms with Gasteiger partial charge in [-0.1, -0.05) is 188 Å². The first-order valence-electron chi connectivity index (χ1n) is 21.8. The van der Waals surface area contributed by atoms with Gasteiger partial charge in [0, 0.05) is 59.6 Å². The number of thiophene rings is 1. The van der Waals surface area contributed by atoms with Gasteiger partial charge in [0.05, 0.1) is 11.0 Å². The molecule has 12 aromatic rings. The van der Waals surface area contributed by atoms with Gasteiger partial charge in [-0.3, -0.25) is 0 Å². The van der Waals surface area contributed by atoms with E-state index in [1.54, 1.807) is 0 Å². The standard InChI is InChI=1S/C59H38N4S/c1-3-14-37(15-4-1)38-26-28-41(29-27-38)44-20-11-12-23-49(44)58-60-57(42-18-5-2-6-19-42)61-59(62-58)50-25-13-24-48-47-33-32-43(36-53(47)64-56(48)50)63-51-34-30-39-16-7-9-21-45(39)54(51)55-46-22-10-8-17-40(46)31-35-52(55)63/h1-36,44,49H. The summed E-state index contributed by atoms with van der Waals surface area (Å²) in [5, 5.41) is 10.0. The van der Waals surface area contributed by atoms with Gasteiger partial charge in [0.1, 0.15) is 5.82 Å². The molecule has 0 radical (unpaired) electrons. The number of rotatable bonds is 6. The highest BCUT2D eigenvalue weighted by molar-refractivity contribution is 7.26. The van der Waals surface area contributed by atoms with Gasteiger partial charge in [0.2, 0.25) is 0 Å². The second-order valence-electron chi connectivity index (χ2n) is 16.7. The molecule has 0 fully saturated rings. The molecule has 5 heteroatoms. The normalized spacial score (nSPS) is 15.1. The second-order valence-corrected chi connectivity index (χ2v) is 17.7. The molecule has 2 unspecified atom stereocenters. The molecule has 4 nitrogen and oxygen atoms in total. The Hall–Kier alpha value is -7.99. The first-order valence-corrected chi connectivity index (χ1v) is 22.7. The second kappa shape index (κ2) is 14.8. The number of hydrogen-bond acceptors (Lipinski definition) is 4. The number of benzene rings is 9. The maximum Gasteiger partial charge on any atom is 0.165 e. The highest BCUT2D eigenvalue weighted by Crippen LogP contribution is 2.45. The summed E-state index contributed by atoms with van der Waals surface area (Å²) < 4.78 is 4.83. The Balaban J connectivity index is 0.962. The third-order valence-electron chi connectivity index (χ3n) is 13.0. The van der Waals surface area contributed by atoms with E-state index in [0.29, 0.717) is 11.6 Å². The third-order valence-corrected chi connectivity index (χ3v) is 14.2. The van der Waals surface area contributed by atoms with Crippen molar-refractivity contribution in [3.05, 3.63) is 230 Å². The highest BCUT2D eigenvalue weighted by Gasteiger charge is 2.27. The molecular formula is C59H38N4S. The predicted molar refractivity (Wildman–Crippen MR) is 269 cm³/mol. The summed E-state index contributed by atoms with van der Waals surface area (Å²) in [4.78, 5) is 15.9. The Morgan fingerprint density at radius 2 is 1.02 bits per heavy atom. The van der Waals surface area contributed by atoms with E-state index in [1.165, 1.54) is 75.5 Å². The van der Waals surface area contributed by atoms with Crippen LogP contribution in [-0.4, -0.2) is 19.5 Å². The summed E-state index contributed by atoms with van der Waals surface area (Å²) >= 11 is 1.81. The Labute approximate surface area is 373 Å². The molecule has 300 valence electrons. The predicted octanol–water partition coefficient (Wildman–Crippen LogP) is 15.6. The molecule has 1 aliphatic rings. The van der Waals surface area contributed by atoms with Crippen LogP contribution in [0, 0.1) is 0 Å². The zero-order valence-corrected chi connectivity index (χ0v) is 35.5. The van der Waals surface area contributed by atoms with E-state index in [9.17, 15) is 0 Å². The zero-order chi connectivity index (χ0) is 42.1. The van der Waals surface area contributed by atoms with Crippen molar-refractivity contribution in [2.24, 2.45) is 0 Å². The van der Waals surface area contributed by atoms with Crippen LogP contribution in [0.5, 0.6) is 0 Å². The van der Waals surface area contributed by atoms with Gasteiger partial charge >= 0.3 is 0 Å². The van der Waals surface area contributed by atoms with Crippen molar-refractivity contribution in [2.45, 2.75) is 11.8 Å². The van der Waals surface area contributed by atoms with Gasteiger partial charge in [-0.2, -0.15) is 0 Å². The van der Waals surface area contributed by atoms with Crippen molar-refractivity contribution in [1.82, 2.24) is 19.5 Å². The van der Waals surface area contributed by atoms with Crippen LogP contribution in [0.3, 0.4) is 0 Å². The first kappa shape index (κ1) is 36.6. The number of fused-ring (bicyclic) bond motifs is 10. The van der Waals surface area contributed by atoms with E-state index in [4.69, 9.17) is 15.0 Å². The SMILES string of the molecule is C1=CC(c2ccc(-c3ccccc3)cc2)C(c2nc(-c3ccccc3)nc(-c3cccc4c3sc3cc(-n5c6ccc7ccccc7c6c6c7ccccc7ccc65)ccc34)n2)C=C1. The fourth-order valence-corrected chi connectivity index (χ4v) is 11.3. The third kappa shape index (κ3) is 5.93. The lowest BCUT2D eigenvalue weighted by atomic mass is 9.82. The highest BCUT2D eigenvalue weighted by atomic mass is 32.1. The Morgan fingerprint density at radius 3 is 1.72 bits per heavy atom. The number of aromatic nitrogens is 4. The van der Waals surface area contributed by atoms with E-state index in [1.807, 2.05) is 29.5 Å². The van der Waals surface area contributed by atoms with Gasteiger partial charge in [0.25, 0.3) is 0 Å². The molecule has 0 amide bonds. The van der Waals surface area contributed by atoms with Crippen molar-refractivity contribution in [2.75, 3.05) is 0 Å². The summed E-state index contributed by atoms with van der Waals surface area (Å²) in [6.07, 6.45) is 8.78. The van der Waals surface area contributed by atoms with Crippen LogP contribution in [0.1, 0.15) is 23.2 Å². The average molecular weight is 835 g/mol. The van der Waals surface area contributed by atoms with Crippen LogP contribution in [0.15, 0.2) is 218 Å². The van der Waals surface area contributed by atoms with Gasteiger partial charge in [-0.15, -0.1) is 11.3 Å². The molecule has 0 saturated heterocycles. The molecule has 0 bridgehead atoms. The van der Waals surface area contributed by atoms with Gasteiger partial charge < -0.3 is 4.57 Å². The van der Waals surface area contributed by atoms with E-state index in [-0.39, 0.29) is 11.8 Å². The van der Waals surface area contributed by atoms with Crippen LogP contribution in [0.25, 0.3) is 103 Å². The fourth-order valence-electron chi connectivity index (χ4n) is 10.0. The average Bonchev–Trinajstić information content (AvgIpc) is 3.93. The topological polar surface area (TPSA) is 43.6 Å². The molecule has 0 N–H and O–H groups in total. The summed E-state index contributed by atoms with van der Waals surface area (Å²) in [5.41, 5.74) is 9.15. The van der Waals surface area contributed by atoms with Gasteiger partial charge in [0.15, 0.2) is 11.6 Å². The Kier molecular flexibility index (Phi) is 8.49. The zero-order valence-electron chi connectivity index (χ0n) is 34.6. The minimum absolute atomic E-state index is 0.0593. The van der Waals surface area contributed by atoms with Crippen LogP contribution < -0.4 is 0 Å². The summed E-state index contributed by atoms with van der Waals surface area (Å²) in [6.45, 7) is 0. The van der Waals surface area contributed by atoms with E-state index >= 15 is 0 Å². The molecule has 9 aromatic carbocycles. The van der Waals surface area contributed by atoms with Gasteiger partial charge in [-0.05, 0) is 68.6 Å². The minimum Gasteiger partial charge on any atom is -0.309 e. The maximum atomic E-state index is 5.39. The Morgan fingerprint density at radius 1 is 0.422 bits per heavy atom. The molecule has 0 saturated carbocycles. The Bertz CT molecular complexity index is 3750. The van der Waals surface area contributed by atoms with Crippen molar-refractivity contribution < 1.29 is 0 Å². The fraction of sp³-hybridized carbons (Fsp3) is 0.0339. The smallest absolute Gasteiger partial charge is 0.165 e. The largest absolute Gasteiger partial charge is 0.309 e. The number of hydrogen-bond donors (Lipinski definition) is 0. The molecule has 0 aliphatic heterocycles. The van der Waals surface area contributed by atoms with Crippen molar-refractivity contribution in [3.63, 3.8) is 0 Å². The first-order chi connectivity index (χ1) is 31.7. The minimum atomic E-state index is -0.0820. The van der Waals surface area contributed by atoms with Crippen LogP contribution >= 0.6 is 11.3 Å². The number of allylic oxidation sites excluding steroid dienone is 4. The monoisotopic (exact) mass is 834 g/mol. The lowest BCUT2D eigenvalue weighted by Gasteiger charge is -2.24. The molecule has 0 spiro atoms. The van der Waals surface area contributed by atoms with E-state index in [0.717, 1.165) is 27.3 Å². The van der Waals surface area contributed by atoms with Crippen LogP contribution in [-0.2, 0) is 0 Å². The molecule has 2 atom stereocenters. The number of nitrogens with zero attached hydrogens (tertiary/aromatic N) is 4. The van der Waals surface area contributed by atoms with Crippen molar-refractivity contribution >= 4 is 74.9 Å². The molecule has 1 aliphatic carbocycles. The van der Waals surface area contributed by atoms with E-state index < -0.39 is 0 Å².